The van der Waals surface area contributed by atoms with Crippen molar-refractivity contribution in [3.05, 3.63) is 59.1 Å². The van der Waals surface area contributed by atoms with Gasteiger partial charge in [0.05, 0.1) is 37.3 Å². The Balaban J connectivity index is 1.23. The van der Waals surface area contributed by atoms with E-state index in [-0.39, 0.29) is 18.8 Å². The highest BCUT2D eigenvalue weighted by atomic mass is 32.1. The van der Waals surface area contributed by atoms with Gasteiger partial charge in [0.1, 0.15) is 5.75 Å². The van der Waals surface area contributed by atoms with Crippen molar-refractivity contribution in [3.8, 4) is 17.0 Å². The molecule has 6 rings (SSSR count). The molecule has 2 aliphatic heterocycles. The number of hydrogen-bond acceptors (Lipinski definition) is 9. The van der Waals surface area contributed by atoms with Crippen LogP contribution in [0.2, 0.25) is 0 Å². The van der Waals surface area contributed by atoms with Gasteiger partial charge in [-0.1, -0.05) is 12.1 Å². The lowest BCUT2D eigenvalue weighted by molar-refractivity contribution is -0.0550. The van der Waals surface area contributed by atoms with Gasteiger partial charge >= 0.3 is 0 Å². The highest BCUT2D eigenvalue weighted by molar-refractivity contribution is 7.16. The van der Waals surface area contributed by atoms with Crippen molar-refractivity contribution in [1.29, 1.82) is 0 Å². The number of piperidine rings is 1. The van der Waals surface area contributed by atoms with Crippen molar-refractivity contribution in [2.24, 2.45) is 0 Å². The molecule has 1 N–H and O–H groups in total. The first-order valence-corrected chi connectivity index (χ1v) is 14.5. The SMILES string of the molecule is COc1ccc(Cn2cc3c(n2)N(CCCN2CCC(F)(F)CC2)CCc2sc(Nc4ncc(F)cn4)nc2-3)cc1. The number of thiazole rings is 1. The third-order valence-corrected chi connectivity index (χ3v) is 8.47. The van der Waals surface area contributed by atoms with Gasteiger partial charge in [-0.25, -0.2) is 28.1 Å². The lowest BCUT2D eigenvalue weighted by Crippen LogP contribution is -2.40. The van der Waals surface area contributed by atoms with E-state index in [2.05, 4.69) is 25.1 Å². The molecule has 0 bridgehead atoms. The van der Waals surface area contributed by atoms with E-state index in [1.54, 1.807) is 7.11 Å². The summed E-state index contributed by atoms with van der Waals surface area (Å²) in [5.41, 5.74) is 2.88. The van der Waals surface area contributed by atoms with Crippen molar-refractivity contribution in [1.82, 2.24) is 29.6 Å². The number of anilines is 3. The highest BCUT2D eigenvalue weighted by Gasteiger charge is 2.34. The lowest BCUT2D eigenvalue weighted by Gasteiger charge is -2.32. The van der Waals surface area contributed by atoms with Crippen LogP contribution in [0.5, 0.6) is 5.75 Å². The summed E-state index contributed by atoms with van der Waals surface area (Å²) in [5, 5.41) is 8.71. The van der Waals surface area contributed by atoms with Gasteiger partial charge in [0.2, 0.25) is 5.95 Å². The Morgan fingerprint density at radius 1 is 1.05 bits per heavy atom. The molecule has 1 aromatic carbocycles. The van der Waals surface area contributed by atoms with E-state index < -0.39 is 11.7 Å². The number of benzene rings is 1. The Labute approximate surface area is 240 Å². The molecule has 3 aromatic heterocycles. The first kappa shape index (κ1) is 27.5. The van der Waals surface area contributed by atoms with E-state index in [0.29, 0.717) is 24.8 Å². The van der Waals surface area contributed by atoms with E-state index in [0.717, 1.165) is 78.1 Å². The second kappa shape index (κ2) is 11.6. The van der Waals surface area contributed by atoms with Crippen LogP contribution >= 0.6 is 11.3 Å². The fraction of sp³-hybridized carbons (Fsp3) is 0.429. The molecule has 0 unspecified atom stereocenters. The van der Waals surface area contributed by atoms with Crippen LogP contribution in [0.1, 0.15) is 29.7 Å². The van der Waals surface area contributed by atoms with Crippen LogP contribution in [0.4, 0.5) is 30.1 Å². The lowest BCUT2D eigenvalue weighted by atomic mass is 10.1. The quantitative estimate of drug-likeness (QED) is 0.287. The predicted molar refractivity (Wildman–Crippen MR) is 152 cm³/mol. The minimum Gasteiger partial charge on any atom is -0.497 e. The van der Waals surface area contributed by atoms with E-state index in [4.69, 9.17) is 14.8 Å². The molecule has 0 spiro atoms. The van der Waals surface area contributed by atoms with Crippen LogP contribution in [0, 0.1) is 5.82 Å². The summed E-state index contributed by atoms with van der Waals surface area (Å²) in [5.74, 6) is -1.10. The maximum atomic E-state index is 13.6. The van der Waals surface area contributed by atoms with Gasteiger partial charge in [-0.15, -0.1) is 11.3 Å². The van der Waals surface area contributed by atoms with E-state index in [9.17, 15) is 13.2 Å². The number of hydrogen-bond donors (Lipinski definition) is 1. The van der Waals surface area contributed by atoms with Crippen molar-refractivity contribution in [2.45, 2.75) is 38.2 Å². The molecule has 0 atom stereocenters. The van der Waals surface area contributed by atoms with Gasteiger partial charge in [-0.05, 0) is 30.7 Å². The van der Waals surface area contributed by atoms with Crippen LogP contribution in [-0.4, -0.2) is 75.4 Å². The number of rotatable bonds is 9. The van der Waals surface area contributed by atoms with Crippen molar-refractivity contribution < 1.29 is 17.9 Å². The number of likely N-dealkylation sites (tertiary alicyclic amines) is 1. The Kier molecular flexibility index (Phi) is 7.80. The van der Waals surface area contributed by atoms with E-state index in [1.165, 1.54) is 11.3 Å². The van der Waals surface area contributed by atoms with Crippen LogP contribution in [0.25, 0.3) is 11.3 Å². The van der Waals surface area contributed by atoms with Gasteiger partial charge in [0, 0.05) is 56.5 Å². The zero-order valence-electron chi connectivity index (χ0n) is 22.7. The largest absolute Gasteiger partial charge is 0.497 e. The molecule has 1 fully saturated rings. The molecule has 2 aliphatic rings. The maximum Gasteiger partial charge on any atom is 0.250 e. The molecular formula is C28H31F3N8OS. The second-order valence-electron chi connectivity index (χ2n) is 10.3. The fourth-order valence-corrected chi connectivity index (χ4v) is 6.18. The second-order valence-corrected chi connectivity index (χ2v) is 11.4. The Bertz CT molecular complexity index is 1460. The number of ether oxygens (including phenoxy) is 1. The average Bonchev–Trinajstić information content (AvgIpc) is 3.54. The molecule has 0 amide bonds. The summed E-state index contributed by atoms with van der Waals surface area (Å²) in [6.45, 7) is 3.75. The standard InChI is InChI=1S/C28H31F3N8OS/c1-40-21-5-3-19(4-6-21)17-39-18-22-24-23(41-27(34-24)35-26-32-15-20(29)16-33-26)7-12-38(25(22)36-39)11-2-10-37-13-8-28(30,31)9-14-37/h3-6,15-16,18H,2,7-14,17H2,1H3,(H,32,33,34,35). The molecule has 13 heteroatoms. The summed E-state index contributed by atoms with van der Waals surface area (Å²) < 4.78 is 47.6. The molecule has 0 aliphatic carbocycles. The zero-order valence-corrected chi connectivity index (χ0v) is 23.5. The maximum absolute atomic E-state index is 13.6. The van der Waals surface area contributed by atoms with Crippen molar-refractivity contribution >= 4 is 28.2 Å². The summed E-state index contributed by atoms with van der Waals surface area (Å²) in [6, 6.07) is 7.90. The monoisotopic (exact) mass is 584 g/mol. The molecule has 4 aromatic rings. The van der Waals surface area contributed by atoms with Crippen LogP contribution in [0.15, 0.2) is 42.9 Å². The average molecular weight is 585 g/mol. The topological polar surface area (TPSA) is 84.2 Å². The molecule has 216 valence electrons. The number of fused-ring (bicyclic) bond motifs is 3. The summed E-state index contributed by atoms with van der Waals surface area (Å²) in [6.07, 6.45) is 5.76. The molecule has 1 saturated heterocycles. The van der Waals surface area contributed by atoms with Crippen LogP contribution in [0.3, 0.4) is 0 Å². The first-order valence-electron chi connectivity index (χ1n) is 13.7. The number of alkyl halides is 2. The molecule has 41 heavy (non-hydrogen) atoms. The molecule has 5 heterocycles. The van der Waals surface area contributed by atoms with Gasteiger partial charge in [-0.3, -0.25) is 4.68 Å². The number of halogens is 3. The zero-order chi connectivity index (χ0) is 28.4. The Morgan fingerprint density at radius 2 is 1.80 bits per heavy atom. The third-order valence-electron chi connectivity index (χ3n) is 7.44. The predicted octanol–water partition coefficient (Wildman–Crippen LogP) is 5.22. The number of nitrogens with one attached hydrogen (secondary N) is 1. The van der Waals surface area contributed by atoms with Gasteiger partial charge in [0.25, 0.3) is 5.92 Å². The normalized spacial score (nSPS) is 16.6. The van der Waals surface area contributed by atoms with Crippen molar-refractivity contribution in [3.63, 3.8) is 0 Å². The first-order chi connectivity index (χ1) is 19.8. The third kappa shape index (κ3) is 6.46. The van der Waals surface area contributed by atoms with Crippen molar-refractivity contribution in [2.75, 3.05) is 50.1 Å². The number of aromatic nitrogens is 5. The minimum absolute atomic E-state index is 0.0676. The Morgan fingerprint density at radius 3 is 2.54 bits per heavy atom. The van der Waals surface area contributed by atoms with E-state index >= 15 is 0 Å². The smallest absolute Gasteiger partial charge is 0.250 e. The summed E-state index contributed by atoms with van der Waals surface area (Å²) >= 11 is 1.52. The van der Waals surface area contributed by atoms with Crippen LogP contribution in [-0.2, 0) is 13.0 Å². The van der Waals surface area contributed by atoms with Gasteiger partial charge < -0.3 is 19.9 Å². The Hall–Kier alpha value is -3.71. The molecule has 0 saturated carbocycles. The van der Waals surface area contributed by atoms with Crippen LogP contribution < -0.4 is 15.0 Å². The highest BCUT2D eigenvalue weighted by Crippen LogP contribution is 2.40. The molecular weight excluding hydrogens is 553 g/mol. The number of methoxy groups -OCH3 is 1. The molecule has 0 radical (unpaired) electrons. The minimum atomic E-state index is -2.53. The number of nitrogens with zero attached hydrogens (tertiary/aromatic N) is 7. The van der Waals surface area contributed by atoms with Gasteiger partial charge in [-0.2, -0.15) is 5.10 Å². The summed E-state index contributed by atoms with van der Waals surface area (Å²) in [4.78, 5) is 18.4. The summed E-state index contributed by atoms with van der Waals surface area (Å²) in [7, 11) is 1.64. The fourth-order valence-electron chi connectivity index (χ4n) is 5.22. The van der Waals surface area contributed by atoms with E-state index in [1.807, 2.05) is 35.1 Å². The molecule has 9 nitrogen and oxygen atoms in total. The van der Waals surface area contributed by atoms with Gasteiger partial charge in [0.15, 0.2) is 16.8 Å².